The third-order valence-corrected chi connectivity index (χ3v) is 2.92. The maximum absolute atomic E-state index is 3.45. The molecule has 0 amide bonds. The molecule has 0 aliphatic carbocycles. The first-order valence-electron chi connectivity index (χ1n) is 6.69. The molecule has 0 saturated carbocycles. The van der Waals surface area contributed by atoms with E-state index in [2.05, 4.69) is 61.4 Å². The van der Waals surface area contributed by atoms with Crippen LogP contribution in [0.1, 0.15) is 33.1 Å². The summed E-state index contributed by atoms with van der Waals surface area (Å²) in [5.41, 5.74) is 1.31. The Labute approximate surface area is 106 Å². The molecule has 0 aliphatic heterocycles. The Bertz CT molecular complexity index is 282. The van der Waals surface area contributed by atoms with E-state index in [0.29, 0.717) is 6.04 Å². The molecule has 2 heteroatoms. The Morgan fingerprint density at radius 1 is 1.06 bits per heavy atom. The van der Waals surface area contributed by atoms with E-state index in [-0.39, 0.29) is 0 Å². The Kier molecular flexibility index (Phi) is 6.71. The lowest BCUT2D eigenvalue weighted by atomic mass is 10.2. The summed E-state index contributed by atoms with van der Waals surface area (Å²) in [5, 5.41) is 3.45. The minimum absolute atomic E-state index is 0.613. The Balaban J connectivity index is 2.07. The van der Waals surface area contributed by atoms with Gasteiger partial charge in [0.05, 0.1) is 0 Å². The average Bonchev–Trinajstić information content (AvgIpc) is 2.34. The maximum atomic E-state index is 3.45. The van der Waals surface area contributed by atoms with Crippen LogP contribution in [-0.2, 0) is 0 Å². The Morgan fingerprint density at radius 2 is 1.76 bits per heavy atom. The van der Waals surface area contributed by atoms with Crippen molar-refractivity contribution in [1.82, 2.24) is 5.32 Å². The van der Waals surface area contributed by atoms with Crippen molar-refractivity contribution in [2.24, 2.45) is 0 Å². The van der Waals surface area contributed by atoms with E-state index in [1.54, 1.807) is 0 Å². The van der Waals surface area contributed by atoms with Crippen LogP contribution in [0.5, 0.6) is 0 Å². The van der Waals surface area contributed by atoms with Gasteiger partial charge in [-0.05, 0) is 31.5 Å². The fourth-order valence-corrected chi connectivity index (χ4v) is 1.85. The van der Waals surface area contributed by atoms with Gasteiger partial charge < -0.3 is 10.2 Å². The molecule has 0 fully saturated rings. The summed E-state index contributed by atoms with van der Waals surface area (Å²) in [4.78, 5) is 2.33. The second-order valence-electron chi connectivity index (χ2n) is 4.93. The zero-order valence-corrected chi connectivity index (χ0v) is 11.4. The van der Waals surface area contributed by atoms with Gasteiger partial charge in [0.15, 0.2) is 0 Å². The first-order chi connectivity index (χ1) is 8.20. The van der Waals surface area contributed by atoms with Crippen molar-refractivity contribution in [1.29, 1.82) is 0 Å². The zero-order valence-electron chi connectivity index (χ0n) is 11.4. The van der Waals surface area contributed by atoms with Crippen molar-refractivity contribution in [3.05, 3.63) is 30.3 Å². The highest BCUT2D eigenvalue weighted by Gasteiger charge is 1.99. The maximum Gasteiger partial charge on any atom is 0.0363 e. The van der Waals surface area contributed by atoms with Crippen molar-refractivity contribution in [2.75, 3.05) is 25.0 Å². The fraction of sp³-hybridized carbons (Fsp3) is 0.600. The van der Waals surface area contributed by atoms with Crippen molar-refractivity contribution < 1.29 is 0 Å². The summed E-state index contributed by atoms with van der Waals surface area (Å²) >= 11 is 0. The molecule has 0 radical (unpaired) electrons. The van der Waals surface area contributed by atoms with Crippen LogP contribution in [0, 0.1) is 0 Å². The van der Waals surface area contributed by atoms with Crippen LogP contribution >= 0.6 is 0 Å². The van der Waals surface area contributed by atoms with Crippen LogP contribution in [-0.4, -0.2) is 26.2 Å². The number of benzene rings is 1. The van der Waals surface area contributed by atoms with Crippen LogP contribution in [0.4, 0.5) is 5.69 Å². The Hall–Kier alpha value is -1.02. The third-order valence-electron chi connectivity index (χ3n) is 2.92. The highest BCUT2D eigenvalue weighted by molar-refractivity contribution is 5.44. The predicted octanol–water partition coefficient (Wildman–Crippen LogP) is 3.29. The summed E-state index contributed by atoms with van der Waals surface area (Å²) in [5.74, 6) is 0. The normalized spacial score (nSPS) is 10.8. The monoisotopic (exact) mass is 234 g/mol. The van der Waals surface area contributed by atoms with Crippen LogP contribution in [0.2, 0.25) is 0 Å². The number of nitrogens with one attached hydrogen (secondary N) is 1. The predicted molar refractivity (Wildman–Crippen MR) is 76.7 cm³/mol. The topological polar surface area (TPSA) is 15.3 Å². The average molecular weight is 234 g/mol. The second-order valence-corrected chi connectivity index (χ2v) is 4.93. The van der Waals surface area contributed by atoms with Crippen LogP contribution in [0.3, 0.4) is 0 Å². The Morgan fingerprint density at radius 3 is 2.41 bits per heavy atom. The van der Waals surface area contributed by atoms with E-state index >= 15 is 0 Å². The molecule has 0 aromatic heterocycles. The van der Waals surface area contributed by atoms with Gasteiger partial charge in [-0.15, -0.1) is 0 Å². The molecule has 1 rings (SSSR count). The highest BCUT2D eigenvalue weighted by Crippen LogP contribution is 2.11. The summed E-state index contributed by atoms with van der Waals surface area (Å²) in [6.07, 6.45) is 3.85. The van der Waals surface area contributed by atoms with Crippen LogP contribution in [0.25, 0.3) is 0 Å². The van der Waals surface area contributed by atoms with Gasteiger partial charge in [0.1, 0.15) is 0 Å². The summed E-state index contributed by atoms with van der Waals surface area (Å²) < 4.78 is 0. The molecular formula is C15H26N2. The van der Waals surface area contributed by atoms with Gasteiger partial charge in [-0.1, -0.05) is 38.5 Å². The molecule has 0 heterocycles. The minimum atomic E-state index is 0.613. The van der Waals surface area contributed by atoms with E-state index in [4.69, 9.17) is 0 Å². The third kappa shape index (κ3) is 6.32. The van der Waals surface area contributed by atoms with Crippen LogP contribution in [0.15, 0.2) is 30.3 Å². The number of hydrogen-bond acceptors (Lipinski definition) is 2. The lowest BCUT2D eigenvalue weighted by molar-refractivity contribution is 0.548. The van der Waals surface area contributed by atoms with Gasteiger partial charge in [-0.25, -0.2) is 0 Å². The minimum Gasteiger partial charge on any atom is -0.375 e. The fourth-order valence-electron chi connectivity index (χ4n) is 1.85. The largest absolute Gasteiger partial charge is 0.375 e. The molecule has 0 unspecified atom stereocenters. The molecule has 1 aromatic rings. The number of unbranched alkanes of at least 4 members (excludes halogenated alkanes) is 2. The molecule has 1 aromatic carbocycles. The number of hydrogen-bond donors (Lipinski definition) is 1. The molecule has 17 heavy (non-hydrogen) atoms. The van der Waals surface area contributed by atoms with Crippen molar-refractivity contribution >= 4 is 5.69 Å². The standard InChI is InChI=1S/C15H26N2/c1-14(2)16-12-8-5-9-13-17(3)15-10-6-4-7-11-15/h4,6-7,10-11,14,16H,5,8-9,12-13H2,1-3H3. The van der Waals surface area contributed by atoms with Gasteiger partial charge in [-0.3, -0.25) is 0 Å². The molecule has 0 aliphatic rings. The molecular weight excluding hydrogens is 208 g/mol. The van der Waals surface area contributed by atoms with Gasteiger partial charge >= 0.3 is 0 Å². The van der Waals surface area contributed by atoms with Gasteiger partial charge in [0, 0.05) is 25.3 Å². The van der Waals surface area contributed by atoms with Gasteiger partial charge in [0.25, 0.3) is 0 Å². The van der Waals surface area contributed by atoms with E-state index in [1.165, 1.54) is 24.9 Å². The summed E-state index contributed by atoms with van der Waals surface area (Å²) in [7, 11) is 2.17. The quantitative estimate of drug-likeness (QED) is 0.694. The van der Waals surface area contributed by atoms with Crippen LogP contribution < -0.4 is 10.2 Å². The first kappa shape index (κ1) is 14.0. The summed E-state index contributed by atoms with van der Waals surface area (Å²) in [6, 6.07) is 11.2. The van der Waals surface area contributed by atoms with E-state index in [9.17, 15) is 0 Å². The highest BCUT2D eigenvalue weighted by atomic mass is 15.1. The molecule has 1 N–H and O–H groups in total. The molecule has 0 atom stereocenters. The summed E-state index contributed by atoms with van der Waals surface area (Å²) in [6.45, 7) is 6.69. The van der Waals surface area contributed by atoms with Crippen molar-refractivity contribution in [3.8, 4) is 0 Å². The molecule has 0 bridgehead atoms. The molecule has 0 spiro atoms. The van der Waals surface area contributed by atoms with Gasteiger partial charge in [-0.2, -0.15) is 0 Å². The van der Waals surface area contributed by atoms with E-state index < -0.39 is 0 Å². The number of anilines is 1. The van der Waals surface area contributed by atoms with Crippen molar-refractivity contribution in [2.45, 2.75) is 39.2 Å². The second kappa shape index (κ2) is 8.13. The van der Waals surface area contributed by atoms with Crippen molar-refractivity contribution in [3.63, 3.8) is 0 Å². The molecule has 0 saturated heterocycles. The zero-order chi connectivity index (χ0) is 12.5. The number of nitrogens with zero attached hydrogens (tertiary/aromatic N) is 1. The molecule has 2 nitrogen and oxygen atoms in total. The van der Waals surface area contributed by atoms with E-state index in [1.807, 2.05) is 0 Å². The van der Waals surface area contributed by atoms with Gasteiger partial charge in [0.2, 0.25) is 0 Å². The number of rotatable bonds is 8. The first-order valence-corrected chi connectivity index (χ1v) is 6.69. The SMILES string of the molecule is CC(C)NCCCCCN(C)c1ccccc1. The lowest BCUT2D eigenvalue weighted by Crippen LogP contribution is -2.24. The molecule has 96 valence electrons. The number of para-hydroxylation sites is 1. The van der Waals surface area contributed by atoms with E-state index in [0.717, 1.165) is 13.1 Å². The smallest absolute Gasteiger partial charge is 0.0363 e. The lowest BCUT2D eigenvalue weighted by Gasteiger charge is -2.19.